The summed E-state index contributed by atoms with van der Waals surface area (Å²) in [4.78, 5) is 11.7. The molecule has 104 valence electrons. The van der Waals surface area contributed by atoms with Crippen LogP contribution >= 0.6 is 0 Å². The molecule has 0 saturated carbocycles. The number of methoxy groups -OCH3 is 2. The molecule has 2 aromatic carbocycles. The Balaban J connectivity index is 2.64. The molecule has 0 saturated heterocycles. The fourth-order valence-electron chi connectivity index (χ4n) is 2.03. The Morgan fingerprint density at radius 2 is 1.60 bits per heavy atom. The van der Waals surface area contributed by atoms with Gasteiger partial charge >= 0.3 is 0 Å². The van der Waals surface area contributed by atoms with Crippen LogP contribution in [0, 0.1) is 5.82 Å². The first kappa shape index (κ1) is 14.1. The zero-order valence-corrected chi connectivity index (χ0v) is 11.6. The molecule has 0 N–H and O–H groups in total. The van der Waals surface area contributed by atoms with Gasteiger partial charge < -0.3 is 9.47 Å². The lowest BCUT2D eigenvalue weighted by atomic mass is 9.99. The van der Waals surface area contributed by atoms with E-state index in [1.54, 1.807) is 24.3 Å². The van der Waals surface area contributed by atoms with E-state index in [1.165, 1.54) is 33.3 Å². The molecule has 20 heavy (non-hydrogen) atoms. The van der Waals surface area contributed by atoms with E-state index in [-0.39, 0.29) is 11.6 Å². The van der Waals surface area contributed by atoms with Crippen LogP contribution in [0.15, 0.2) is 36.4 Å². The van der Waals surface area contributed by atoms with Crippen molar-refractivity contribution in [1.29, 1.82) is 0 Å². The lowest BCUT2D eigenvalue weighted by Crippen LogP contribution is -2.00. The number of hydrogen-bond donors (Lipinski definition) is 0. The van der Waals surface area contributed by atoms with Gasteiger partial charge in [0.1, 0.15) is 17.3 Å². The Morgan fingerprint density at radius 3 is 2.10 bits per heavy atom. The van der Waals surface area contributed by atoms with Crippen molar-refractivity contribution in [2.75, 3.05) is 14.2 Å². The summed E-state index contributed by atoms with van der Waals surface area (Å²) in [7, 11) is 3.04. The molecule has 0 heterocycles. The zero-order chi connectivity index (χ0) is 14.7. The van der Waals surface area contributed by atoms with Crippen LogP contribution in [0.3, 0.4) is 0 Å². The van der Waals surface area contributed by atoms with E-state index in [1.807, 2.05) is 0 Å². The first-order chi connectivity index (χ1) is 9.56. The molecular weight excluding hydrogens is 259 g/mol. The molecule has 0 fully saturated rings. The van der Waals surface area contributed by atoms with Crippen molar-refractivity contribution in [3.63, 3.8) is 0 Å². The summed E-state index contributed by atoms with van der Waals surface area (Å²) in [5, 5.41) is 0. The maximum atomic E-state index is 13.0. The lowest BCUT2D eigenvalue weighted by Gasteiger charge is -2.13. The third kappa shape index (κ3) is 2.64. The number of carbonyl (C=O) groups is 1. The number of ketones is 1. The van der Waals surface area contributed by atoms with Gasteiger partial charge in [0.15, 0.2) is 5.78 Å². The van der Waals surface area contributed by atoms with Crippen molar-refractivity contribution in [1.82, 2.24) is 0 Å². The molecule has 0 bridgehead atoms. The Kier molecular flexibility index (Phi) is 4.03. The molecule has 0 aliphatic carbocycles. The number of hydrogen-bond acceptors (Lipinski definition) is 3. The van der Waals surface area contributed by atoms with Crippen LogP contribution in [0.5, 0.6) is 11.5 Å². The van der Waals surface area contributed by atoms with Gasteiger partial charge in [0.05, 0.1) is 19.8 Å². The quantitative estimate of drug-likeness (QED) is 0.797. The Morgan fingerprint density at radius 1 is 1.00 bits per heavy atom. The highest BCUT2D eigenvalue weighted by Gasteiger charge is 2.15. The van der Waals surface area contributed by atoms with Crippen molar-refractivity contribution < 1.29 is 18.7 Å². The van der Waals surface area contributed by atoms with Gasteiger partial charge in [0.25, 0.3) is 0 Å². The van der Waals surface area contributed by atoms with Gasteiger partial charge in [-0.1, -0.05) is 12.1 Å². The van der Waals surface area contributed by atoms with Gasteiger partial charge in [0, 0.05) is 11.6 Å². The van der Waals surface area contributed by atoms with E-state index in [0.717, 1.165) is 11.1 Å². The van der Waals surface area contributed by atoms with Gasteiger partial charge in [0.2, 0.25) is 0 Å². The number of ether oxygens (including phenoxy) is 2. The Hall–Kier alpha value is -2.36. The van der Waals surface area contributed by atoms with E-state index in [9.17, 15) is 9.18 Å². The van der Waals surface area contributed by atoms with Crippen LogP contribution in [0.25, 0.3) is 11.1 Å². The molecular formula is C16H15FO3. The molecule has 0 atom stereocenters. The molecule has 0 spiro atoms. The monoisotopic (exact) mass is 274 g/mol. The summed E-state index contributed by atoms with van der Waals surface area (Å²) < 4.78 is 23.5. The maximum absolute atomic E-state index is 13.0. The van der Waals surface area contributed by atoms with Crippen LogP contribution < -0.4 is 9.47 Å². The normalized spacial score (nSPS) is 10.2. The molecule has 2 aromatic rings. The smallest absolute Gasteiger partial charge is 0.163 e. The van der Waals surface area contributed by atoms with Crippen LogP contribution in [-0.4, -0.2) is 20.0 Å². The van der Waals surface area contributed by atoms with Gasteiger partial charge in [-0.15, -0.1) is 0 Å². The molecule has 0 radical (unpaired) electrons. The molecule has 4 heteroatoms. The van der Waals surface area contributed by atoms with Crippen molar-refractivity contribution in [2.45, 2.75) is 6.92 Å². The molecule has 2 rings (SSSR count). The maximum Gasteiger partial charge on any atom is 0.163 e. The van der Waals surface area contributed by atoms with Gasteiger partial charge in [-0.25, -0.2) is 4.39 Å². The molecule has 3 nitrogen and oxygen atoms in total. The minimum absolute atomic E-state index is 0.104. The first-order valence-electron chi connectivity index (χ1n) is 6.09. The topological polar surface area (TPSA) is 35.5 Å². The van der Waals surface area contributed by atoms with Gasteiger partial charge in [-0.2, -0.15) is 0 Å². The van der Waals surface area contributed by atoms with Crippen LogP contribution in [-0.2, 0) is 0 Å². The number of benzene rings is 2. The van der Waals surface area contributed by atoms with Crippen molar-refractivity contribution in [3.05, 3.63) is 47.8 Å². The third-order valence-corrected chi connectivity index (χ3v) is 3.06. The number of carbonyl (C=O) groups excluding carboxylic acids is 1. The van der Waals surface area contributed by atoms with Gasteiger partial charge in [-0.3, -0.25) is 4.79 Å². The largest absolute Gasteiger partial charge is 0.496 e. The minimum Gasteiger partial charge on any atom is -0.496 e. The Bertz CT molecular complexity index is 633. The number of rotatable bonds is 4. The summed E-state index contributed by atoms with van der Waals surface area (Å²) in [6, 6.07) is 9.38. The van der Waals surface area contributed by atoms with Crippen molar-refractivity contribution >= 4 is 5.78 Å². The van der Waals surface area contributed by atoms with E-state index in [0.29, 0.717) is 17.1 Å². The van der Waals surface area contributed by atoms with E-state index >= 15 is 0 Å². The Labute approximate surface area is 117 Å². The molecule has 0 unspecified atom stereocenters. The molecule has 0 aliphatic rings. The zero-order valence-electron chi connectivity index (χ0n) is 11.6. The standard InChI is InChI=1S/C16H15FO3/c1-10(18)13-8-14(11-4-6-12(17)7-5-11)16(20-3)9-15(13)19-2/h4-9H,1-3H3. The predicted molar refractivity (Wildman–Crippen MR) is 74.9 cm³/mol. The van der Waals surface area contributed by atoms with Crippen LogP contribution in [0.4, 0.5) is 4.39 Å². The average molecular weight is 274 g/mol. The third-order valence-electron chi connectivity index (χ3n) is 3.06. The lowest BCUT2D eigenvalue weighted by molar-refractivity contribution is 0.101. The summed E-state index contributed by atoms with van der Waals surface area (Å²) in [6.07, 6.45) is 0. The highest BCUT2D eigenvalue weighted by molar-refractivity contribution is 5.99. The summed E-state index contributed by atoms with van der Waals surface area (Å²) in [6.45, 7) is 1.47. The van der Waals surface area contributed by atoms with E-state index < -0.39 is 0 Å². The minimum atomic E-state index is -0.312. The summed E-state index contributed by atoms with van der Waals surface area (Å²) in [5.74, 6) is 0.611. The second-order valence-corrected chi connectivity index (χ2v) is 4.32. The average Bonchev–Trinajstić information content (AvgIpc) is 2.46. The van der Waals surface area contributed by atoms with Crippen molar-refractivity contribution in [3.8, 4) is 22.6 Å². The fourth-order valence-corrected chi connectivity index (χ4v) is 2.03. The number of Topliss-reactive ketones (excluding diaryl/α,β-unsaturated/α-hetero) is 1. The van der Waals surface area contributed by atoms with Crippen molar-refractivity contribution in [2.24, 2.45) is 0 Å². The van der Waals surface area contributed by atoms with Gasteiger partial charge in [-0.05, 0) is 30.7 Å². The highest BCUT2D eigenvalue weighted by atomic mass is 19.1. The van der Waals surface area contributed by atoms with E-state index in [4.69, 9.17) is 9.47 Å². The first-order valence-corrected chi connectivity index (χ1v) is 6.09. The predicted octanol–water partition coefficient (Wildman–Crippen LogP) is 3.71. The van der Waals surface area contributed by atoms with Crippen LogP contribution in [0.1, 0.15) is 17.3 Å². The number of halogens is 1. The highest BCUT2D eigenvalue weighted by Crippen LogP contribution is 2.36. The fraction of sp³-hybridized carbons (Fsp3) is 0.188. The summed E-state index contributed by atoms with van der Waals surface area (Å²) in [5.41, 5.74) is 1.96. The molecule has 0 aliphatic heterocycles. The molecule has 0 aromatic heterocycles. The SMILES string of the molecule is COc1cc(OC)c(-c2ccc(F)cc2)cc1C(C)=O. The second kappa shape index (κ2) is 5.74. The molecule has 0 amide bonds. The van der Waals surface area contributed by atoms with E-state index in [2.05, 4.69) is 0 Å². The van der Waals surface area contributed by atoms with Crippen LogP contribution in [0.2, 0.25) is 0 Å². The second-order valence-electron chi connectivity index (χ2n) is 4.32. The summed E-state index contributed by atoms with van der Waals surface area (Å²) >= 11 is 0.